The van der Waals surface area contributed by atoms with Crippen LogP contribution in [0.25, 0.3) is 0 Å². The van der Waals surface area contributed by atoms with E-state index in [-0.39, 0.29) is 0 Å². The van der Waals surface area contributed by atoms with Crippen molar-refractivity contribution in [2.75, 3.05) is 33.4 Å². The molecule has 1 heterocycles. The lowest BCUT2D eigenvalue weighted by atomic mass is 10.4. The highest BCUT2D eigenvalue weighted by molar-refractivity contribution is 7.89. The first-order valence-electron chi connectivity index (χ1n) is 7.37. The summed E-state index contributed by atoms with van der Waals surface area (Å²) in [5.74, 6) is 0.704. The van der Waals surface area contributed by atoms with Gasteiger partial charge in [-0.3, -0.25) is 0 Å². The zero-order valence-corrected chi connectivity index (χ0v) is 14.3. The van der Waals surface area contributed by atoms with E-state index in [1.807, 2.05) is 12.3 Å². The fourth-order valence-corrected chi connectivity index (χ4v) is 4.48. The van der Waals surface area contributed by atoms with E-state index in [2.05, 4.69) is 5.32 Å². The fourth-order valence-electron chi connectivity index (χ4n) is 1.94. The van der Waals surface area contributed by atoms with Crippen molar-refractivity contribution in [1.29, 1.82) is 0 Å². The topological polar surface area (TPSA) is 58.6 Å². The van der Waals surface area contributed by atoms with Crippen LogP contribution in [0.3, 0.4) is 0 Å². The van der Waals surface area contributed by atoms with Gasteiger partial charge in [0, 0.05) is 31.6 Å². The van der Waals surface area contributed by atoms with E-state index in [1.54, 1.807) is 13.1 Å². The Kier molecular flexibility index (Phi) is 6.19. The van der Waals surface area contributed by atoms with Crippen molar-refractivity contribution in [3.05, 3.63) is 16.3 Å². The number of likely N-dealkylation sites (N-methyl/N-ethyl adjacent to an activating group) is 1. The maximum Gasteiger partial charge on any atom is 0.244 e. The Hall–Kier alpha value is -0.470. The normalized spacial score (nSPS) is 15.8. The van der Waals surface area contributed by atoms with Crippen LogP contribution in [0, 0.1) is 5.92 Å². The second-order valence-corrected chi connectivity index (χ2v) is 8.35. The van der Waals surface area contributed by atoms with E-state index < -0.39 is 10.0 Å². The lowest BCUT2D eigenvalue weighted by Crippen LogP contribution is -2.31. The van der Waals surface area contributed by atoms with E-state index in [0.717, 1.165) is 18.0 Å². The molecule has 120 valence electrons. The van der Waals surface area contributed by atoms with Crippen LogP contribution in [0.5, 0.6) is 0 Å². The van der Waals surface area contributed by atoms with E-state index in [1.165, 1.54) is 28.5 Å². The molecule has 0 bridgehead atoms. The first-order chi connectivity index (χ1) is 10.1. The molecule has 1 aliphatic rings. The summed E-state index contributed by atoms with van der Waals surface area (Å²) in [6.45, 7) is 5.03. The third-order valence-corrected chi connectivity index (χ3v) is 6.52. The van der Waals surface area contributed by atoms with Crippen molar-refractivity contribution in [1.82, 2.24) is 9.62 Å². The molecule has 0 spiro atoms. The van der Waals surface area contributed by atoms with Crippen LogP contribution < -0.4 is 5.32 Å². The Labute approximate surface area is 131 Å². The van der Waals surface area contributed by atoms with Gasteiger partial charge in [-0.15, -0.1) is 11.3 Å². The number of rotatable bonds is 10. The van der Waals surface area contributed by atoms with Crippen molar-refractivity contribution >= 4 is 21.4 Å². The second kappa shape index (κ2) is 7.69. The van der Waals surface area contributed by atoms with Crippen molar-refractivity contribution < 1.29 is 13.2 Å². The number of hydrogen-bond donors (Lipinski definition) is 1. The minimum Gasteiger partial charge on any atom is -0.380 e. The Morgan fingerprint density at radius 1 is 1.48 bits per heavy atom. The summed E-state index contributed by atoms with van der Waals surface area (Å²) in [5.41, 5.74) is 0. The Bertz CT molecular complexity index is 538. The molecule has 5 nitrogen and oxygen atoms in total. The lowest BCUT2D eigenvalue weighted by molar-refractivity contribution is 0.117. The van der Waals surface area contributed by atoms with Crippen molar-refractivity contribution in [3.8, 4) is 0 Å². The third kappa shape index (κ3) is 4.75. The molecular formula is C14H24N2O3S2. The van der Waals surface area contributed by atoms with E-state index in [4.69, 9.17) is 4.74 Å². The minimum atomic E-state index is -3.42. The summed E-state index contributed by atoms with van der Waals surface area (Å²) in [7, 11) is -1.80. The average Bonchev–Trinajstić information content (AvgIpc) is 3.16. The molecule has 0 saturated heterocycles. The lowest BCUT2D eigenvalue weighted by Gasteiger charge is -2.17. The first kappa shape index (κ1) is 16.9. The molecule has 21 heavy (non-hydrogen) atoms. The molecule has 0 aromatic carbocycles. The molecule has 1 aromatic rings. The molecule has 7 heteroatoms. The van der Waals surface area contributed by atoms with Gasteiger partial charge in [-0.25, -0.2) is 8.42 Å². The Morgan fingerprint density at radius 3 is 2.90 bits per heavy atom. The second-order valence-electron chi connectivity index (χ2n) is 5.33. The molecule has 1 N–H and O–H groups in total. The van der Waals surface area contributed by atoms with Crippen molar-refractivity contribution in [2.24, 2.45) is 5.92 Å². The summed E-state index contributed by atoms with van der Waals surface area (Å²) >= 11 is 1.47. The fraction of sp³-hybridized carbons (Fsp3) is 0.714. The van der Waals surface area contributed by atoms with Crippen LogP contribution >= 0.6 is 11.3 Å². The Balaban J connectivity index is 1.90. The number of nitrogens with zero attached hydrogens (tertiary/aromatic N) is 1. The molecule has 1 aromatic heterocycles. The Morgan fingerprint density at radius 2 is 2.24 bits per heavy atom. The number of ether oxygens (including phenoxy) is 1. The summed E-state index contributed by atoms with van der Waals surface area (Å²) in [6, 6.07) is 1.69. The summed E-state index contributed by atoms with van der Waals surface area (Å²) in [5, 5.41) is 5.01. The largest absolute Gasteiger partial charge is 0.380 e. The summed E-state index contributed by atoms with van der Waals surface area (Å²) in [4.78, 5) is 1.28. The maximum atomic E-state index is 12.6. The molecule has 0 unspecified atom stereocenters. The molecule has 0 atom stereocenters. The van der Waals surface area contributed by atoms with Gasteiger partial charge in [-0.2, -0.15) is 4.31 Å². The molecule has 0 aliphatic heterocycles. The highest BCUT2D eigenvalue weighted by Crippen LogP contribution is 2.29. The SMILES string of the molecule is CCNCc1sccc1S(=O)(=O)N(C)CCOCC1CC1. The number of hydrogen-bond acceptors (Lipinski definition) is 5. The van der Waals surface area contributed by atoms with Gasteiger partial charge in [0.2, 0.25) is 10.0 Å². The van der Waals surface area contributed by atoms with Crippen LogP contribution in [-0.2, 0) is 21.3 Å². The zero-order chi connectivity index (χ0) is 15.3. The zero-order valence-electron chi connectivity index (χ0n) is 12.7. The quantitative estimate of drug-likeness (QED) is 0.665. The van der Waals surface area contributed by atoms with Crippen LogP contribution in [0.15, 0.2) is 16.3 Å². The van der Waals surface area contributed by atoms with Crippen LogP contribution in [-0.4, -0.2) is 46.1 Å². The molecule has 0 radical (unpaired) electrons. The van der Waals surface area contributed by atoms with Gasteiger partial charge in [0.25, 0.3) is 0 Å². The highest BCUT2D eigenvalue weighted by Gasteiger charge is 2.25. The number of nitrogens with one attached hydrogen (secondary N) is 1. The summed E-state index contributed by atoms with van der Waals surface area (Å²) in [6.07, 6.45) is 2.49. The van der Waals surface area contributed by atoms with E-state index >= 15 is 0 Å². The standard InChI is InChI=1S/C14H24N2O3S2/c1-3-15-10-13-14(6-9-20-13)21(17,18)16(2)7-8-19-11-12-4-5-12/h6,9,12,15H,3-5,7-8,10-11H2,1-2H3. The summed E-state index contributed by atoms with van der Waals surface area (Å²) < 4.78 is 32.0. The van der Waals surface area contributed by atoms with Gasteiger partial charge in [0.15, 0.2) is 0 Å². The minimum absolute atomic E-state index is 0.394. The molecular weight excluding hydrogens is 308 g/mol. The van der Waals surface area contributed by atoms with Gasteiger partial charge in [-0.05, 0) is 36.8 Å². The van der Waals surface area contributed by atoms with Crippen LogP contribution in [0.4, 0.5) is 0 Å². The predicted octanol–water partition coefficient (Wildman–Crippen LogP) is 1.90. The molecule has 1 aliphatic carbocycles. The average molecular weight is 332 g/mol. The van der Waals surface area contributed by atoms with Crippen LogP contribution in [0.1, 0.15) is 24.6 Å². The molecule has 1 saturated carbocycles. The molecule has 1 fully saturated rings. The molecule has 2 rings (SSSR count). The van der Waals surface area contributed by atoms with Gasteiger partial charge in [0.1, 0.15) is 0 Å². The monoisotopic (exact) mass is 332 g/mol. The number of sulfonamides is 1. The predicted molar refractivity (Wildman–Crippen MR) is 85.1 cm³/mol. The van der Waals surface area contributed by atoms with Gasteiger partial charge in [0.05, 0.1) is 11.5 Å². The van der Waals surface area contributed by atoms with Crippen molar-refractivity contribution in [3.63, 3.8) is 0 Å². The maximum absolute atomic E-state index is 12.6. The van der Waals surface area contributed by atoms with E-state index in [9.17, 15) is 8.42 Å². The third-order valence-electron chi connectivity index (χ3n) is 3.53. The first-order valence-corrected chi connectivity index (χ1v) is 9.68. The van der Waals surface area contributed by atoms with Gasteiger partial charge in [-0.1, -0.05) is 6.92 Å². The smallest absolute Gasteiger partial charge is 0.244 e. The number of thiophene rings is 1. The highest BCUT2D eigenvalue weighted by atomic mass is 32.2. The van der Waals surface area contributed by atoms with Crippen molar-refractivity contribution in [2.45, 2.75) is 31.2 Å². The van der Waals surface area contributed by atoms with E-state index in [0.29, 0.717) is 30.5 Å². The van der Waals surface area contributed by atoms with Gasteiger partial charge < -0.3 is 10.1 Å². The molecule has 0 amide bonds. The van der Waals surface area contributed by atoms with Crippen LogP contribution in [0.2, 0.25) is 0 Å². The van der Waals surface area contributed by atoms with Gasteiger partial charge >= 0.3 is 0 Å².